The van der Waals surface area contributed by atoms with E-state index in [0.29, 0.717) is 18.1 Å². The topological polar surface area (TPSA) is 49.8 Å². The number of hydrogen-bond donors (Lipinski definition) is 2. The molecule has 0 amide bonds. The van der Waals surface area contributed by atoms with Crippen LogP contribution >= 0.6 is 11.6 Å². The molecule has 0 radical (unpaired) electrons. The zero-order valence-corrected chi connectivity index (χ0v) is 12.4. The second-order valence-corrected chi connectivity index (χ2v) is 4.90. The molecule has 0 saturated carbocycles. The van der Waals surface area contributed by atoms with Crippen LogP contribution in [0.4, 0.5) is 26.2 Å². The van der Waals surface area contributed by atoms with Gasteiger partial charge in [-0.05, 0) is 25.0 Å². The quantitative estimate of drug-likeness (QED) is 0.865. The van der Waals surface area contributed by atoms with Crippen LogP contribution in [0.2, 0.25) is 5.02 Å². The molecule has 0 saturated heterocycles. The fourth-order valence-corrected chi connectivity index (χ4v) is 1.80. The SMILES string of the molecule is CCCNc1ncc(Cl)c(Nc2c(F)ccc(C)c2F)n1. The minimum absolute atomic E-state index is 0.147. The Morgan fingerprint density at radius 2 is 2.05 bits per heavy atom. The van der Waals surface area contributed by atoms with Crippen LogP contribution in [0.3, 0.4) is 0 Å². The Hall–Kier alpha value is -1.95. The van der Waals surface area contributed by atoms with Crippen molar-refractivity contribution in [1.29, 1.82) is 0 Å². The van der Waals surface area contributed by atoms with E-state index >= 15 is 0 Å². The van der Waals surface area contributed by atoms with Gasteiger partial charge in [-0.1, -0.05) is 24.6 Å². The Balaban J connectivity index is 2.33. The third kappa shape index (κ3) is 3.58. The van der Waals surface area contributed by atoms with Gasteiger partial charge in [-0.15, -0.1) is 0 Å². The average Bonchev–Trinajstić information content (AvgIpc) is 2.48. The van der Waals surface area contributed by atoms with Gasteiger partial charge < -0.3 is 10.6 Å². The Labute approximate surface area is 126 Å². The predicted octanol–water partition coefficient (Wildman–Crippen LogP) is 4.28. The molecule has 0 unspecified atom stereocenters. The molecule has 1 aromatic carbocycles. The van der Waals surface area contributed by atoms with Crippen molar-refractivity contribution in [3.05, 3.63) is 40.6 Å². The molecule has 0 atom stereocenters. The first-order chi connectivity index (χ1) is 10.0. The molecule has 21 heavy (non-hydrogen) atoms. The summed E-state index contributed by atoms with van der Waals surface area (Å²) >= 11 is 5.96. The number of nitrogens with one attached hydrogen (secondary N) is 2. The molecule has 7 heteroatoms. The summed E-state index contributed by atoms with van der Waals surface area (Å²) in [6.07, 6.45) is 2.27. The van der Waals surface area contributed by atoms with E-state index in [1.807, 2.05) is 6.92 Å². The van der Waals surface area contributed by atoms with Crippen molar-refractivity contribution >= 4 is 29.1 Å². The largest absolute Gasteiger partial charge is 0.354 e. The number of anilines is 3. The van der Waals surface area contributed by atoms with E-state index in [1.54, 1.807) is 6.92 Å². The normalized spacial score (nSPS) is 10.5. The van der Waals surface area contributed by atoms with Crippen LogP contribution in [0, 0.1) is 18.6 Å². The Morgan fingerprint density at radius 1 is 1.29 bits per heavy atom. The monoisotopic (exact) mass is 312 g/mol. The first kappa shape index (κ1) is 15.4. The van der Waals surface area contributed by atoms with E-state index in [1.165, 1.54) is 18.3 Å². The van der Waals surface area contributed by atoms with Gasteiger partial charge in [0, 0.05) is 6.54 Å². The third-order valence-corrected chi connectivity index (χ3v) is 3.08. The van der Waals surface area contributed by atoms with Gasteiger partial charge in [-0.2, -0.15) is 4.98 Å². The lowest BCUT2D eigenvalue weighted by atomic mass is 10.2. The molecule has 0 aliphatic heterocycles. The van der Waals surface area contributed by atoms with Gasteiger partial charge in [0.2, 0.25) is 5.95 Å². The Morgan fingerprint density at radius 3 is 2.76 bits per heavy atom. The zero-order chi connectivity index (χ0) is 15.4. The van der Waals surface area contributed by atoms with Gasteiger partial charge in [-0.25, -0.2) is 13.8 Å². The molecule has 1 heterocycles. The lowest BCUT2D eigenvalue weighted by molar-refractivity contribution is 0.584. The number of nitrogens with zero attached hydrogens (tertiary/aromatic N) is 2. The lowest BCUT2D eigenvalue weighted by Gasteiger charge is -2.12. The van der Waals surface area contributed by atoms with Crippen LogP contribution in [0.1, 0.15) is 18.9 Å². The highest BCUT2D eigenvalue weighted by molar-refractivity contribution is 6.32. The minimum atomic E-state index is -0.712. The molecule has 0 bridgehead atoms. The molecular formula is C14H15ClF2N4. The summed E-state index contributed by atoms with van der Waals surface area (Å²) in [7, 11) is 0. The minimum Gasteiger partial charge on any atom is -0.354 e. The standard InChI is InChI=1S/C14H15ClF2N4/c1-3-6-18-14-19-7-9(15)13(21-14)20-12-10(16)5-4-8(2)11(12)17/h4-5,7H,3,6H2,1-2H3,(H2,18,19,20,21). The molecule has 2 aromatic rings. The predicted molar refractivity (Wildman–Crippen MR) is 80.2 cm³/mol. The van der Waals surface area contributed by atoms with Crippen molar-refractivity contribution in [2.75, 3.05) is 17.2 Å². The van der Waals surface area contributed by atoms with Crippen molar-refractivity contribution in [3.8, 4) is 0 Å². The number of rotatable bonds is 5. The lowest BCUT2D eigenvalue weighted by Crippen LogP contribution is -2.07. The van der Waals surface area contributed by atoms with Crippen molar-refractivity contribution in [1.82, 2.24) is 9.97 Å². The van der Waals surface area contributed by atoms with E-state index in [-0.39, 0.29) is 16.5 Å². The van der Waals surface area contributed by atoms with Crippen LogP contribution < -0.4 is 10.6 Å². The van der Waals surface area contributed by atoms with Crippen molar-refractivity contribution in [2.24, 2.45) is 0 Å². The number of benzene rings is 1. The third-order valence-electron chi connectivity index (χ3n) is 2.80. The van der Waals surface area contributed by atoms with Crippen LogP contribution in [0.5, 0.6) is 0 Å². The van der Waals surface area contributed by atoms with E-state index < -0.39 is 11.6 Å². The molecule has 2 N–H and O–H groups in total. The highest BCUT2D eigenvalue weighted by Gasteiger charge is 2.14. The number of hydrogen-bond acceptors (Lipinski definition) is 4. The molecule has 4 nitrogen and oxygen atoms in total. The fraction of sp³-hybridized carbons (Fsp3) is 0.286. The Kier molecular flexibility index (Phi) is 4.90. The van der Waals surface area contributed by atoms with Gasteiger partial charge in [0.15, 0.2) is 11.6 Å². The van der Waals surface area contributed by atoms with Crippen LogP contribution in [-0.4, -0.2) is 16.5 Å². The van der Waals surface area contributed by atoms with Crippen LogP contribution in [0.15, 0.2) is 18.3 Å². The summed E-state index contributed by atoms with van der Waals surface area (Å²) in [6.45, 7) is 4.24. The van der Waals surface area contributed by atoms with Gasteiger partial charge in [0.05, 0.1) is 6.20 Å². The van der Waals surface area contributed by atoms with Crippen molar-refractivity contribution < 1.29 is 8.78 Å². The molecule has 112 valence electrons. The molecule has 0 spiro atoms. The molecule has 2 rings (SSSR count). The summed E-state index contributed by atoms with van der Waals surface area (Å²) in [5.41, 5.74) is 0.0467. The van der Waals surface area contributed by atoms with Crippen LogP contribution in [-0.2, 0) is 0 Å². The summed E-state index contributed by atoms with van der Waals surface area (Å²) in [5.74, 6) is -0.894. The van der Waals surface area contributed by atoms with E-state index in [4.69, 9.17) is 11.6 Å². The summed E-state index contributed by atoms with van der Waals surface area (Å²) < 4.78 is 27.7. The zero-order valence-electron chi connectivity index (χ0n) is 11.7. The van der Waals surface area contributed by atoms with Crippen molar-refractivity contribution in [3.63, 3.8) is 0 Å². The first-order valence-corrected chi connectivity index (χ1v) is 6.88. The number of aromatic nitrogens is 2. The smallest absolute Gasteiger partial charge is 0.224 e. The highest BCUT2D eigenvalue weighted by Crippen LogP contribution is 2.28. The maximum Gasteiger partial charge on any atom is 0.224 e. The molecule has 0 fully saturated rings. The second-order valence-electron chi connectivity index (χ2n) is 4.50. The van der Waals surface area contributed by atoms with Gasteiger partial charge >= 0.3 is 0 Å². The van der Waals surface area contributed by atoms with Gasteiger partial charge in [0.1, 0.15) is 16.5 Å². The first-order valence-electron chi connectivity index (χ1n) is 6.51. The van der Waals surface area contributed by atoms with Crippen molar-refractivity contribution in [2.45, 2.75) is 20.3 Å². The summed E-state index contributed by atoms with van der Waals surface area (Å²) in [4.78, 5) is 8.12. The summed E-state index contributed by atoms with van der Waals surface area (Å²) in [5, 5.41) is 5.75. The Bertz CT molecular complexity index is 649. The van der Waals surface area contributed by atoms with E-state index in [2.05, 4.69) is 20.6 Å². The van der Waals surface area contributed by atoms with E-state index in [9.17, 15) is 8.78 Å². The maximum absolute atomic E-state index is 14.0. The van der Waals surface area contributed by atoms with Crippen LogP contribution in [0.25, 0.3) is 0 Å². The average molecular weight is 313 g/mol. The number of aryl methyl sites for hydroxylation is 1. The maximum atomic E-state index is 14.0. The summed E-state index contributed by atoms with van der Waals surface area (Å²) in [6, 6.07) is 2.55. The highest BCUT2D eigenvalue weighted by atomic mass is 35.5. The number of halogens is 3. The molecule has 0 aliphatic rings. The second kappa shape index (κ2) is 6.67. The fourth-order valence-electron chi connectivity index (χ4n) is 1.67. The van der Waals surface area contributed by atoms with Gasteiger partial charge in [-0.3, -0.25) is 0 Å². The molecule has 1 aromatic heterocycles. The van der Waals surface area contributed by atoms with E-state index in [0.717, 1.165) is 6.42 Å². The van der Waals surface area contributed by atoms with Gasteiger partial charge in [0.25, 0.3) is 0 Å². The molecular weight excluding hydrogens is 298 g/mol. The molecule has 0 aliphatic carbocycles.